The van der Waals surface area contributed by atoms with E-state index in [1.54, 1.807) is 24.7 Å². The van der Waals surface area contributed by atoms with Crippen molar-refractivity contribution >= 4 is 39.2 Å². The normalized spacial score (nSPS) is 12.0. The van der Waals surface area contributed by atoms with E-state index in [-0.39, 0.29) is 11.0 Å². The molecule has 8 nitrogen and oxygen atoms in total. The fourth-order valence-electron chi connectivity index (χ4n) is 5.29. The number of aryl methyl sites for hydroxylation is 1. The quantitative estimate of drug-likeness (QED) is 0.240. The van der Waals surface area contributed by atoms with Gasteiger partial charge < -0.3 is 14.6 Å². The maximum atomic E-state index is 13.9. The highest BCUT2D eigenvalue weighted by atomic mass is 35.5. The van der Waals surface area contributed by atoms with Crippen molar-refractivity contribution in [1.29, 1.82) is 0 Å². The first-order valence-corrected chi connectivity index (χ1v) is 13.9. The maximum absolute atomic E-state index is 13.9. The number of fused-ring (bicyclic) bond motifs is 2. The zero-order valence-electron chi connectivity index (χ0n) is 23.3. The van der Waals surface area contributed by atoms with Crippen molar-refractivity contribution in [2.75, 3.05) is 12.4 Å². The van der Waals surface area contributed by atoms with Crippen molar-refractivity contribution in [3.8, 4) is 11.4 Å². The van der Waals surface area contributed by atoms with Gasteiger partial charge in [0.05, 0.1) is 23.6 Å². The Morgan fingerprint density at radius 3 is 2.45 bits per heavy atom. The minimum absolute atomic E-state index is 0.156. The molecule has 0 bridgehead atoms. The molecule has 3 aromatic heterocycles. The summed E-state index contributed by atoms with van der Waals surface area (Å²) >= 11 is 6.48. The van der Waals surface area contributed by atoms with Crippen molar-refractivity contribution < 1.29 is 4.74 Å². The van der Waals surface area contributed by atoms with E-state index >= 15 is 0 Å². The van der Waals surface area contributed by atoms with Gasteiger partial charge in [-0.05, 0) is 61.2 Å². The molecule has 0 aliphatic heterocycles. The topological polar surface area (TPSA) is 91.0 Å². The van der Waals surface area contributed by atoms with Gasteiger partial charge in [-0.25, -0.2) is 9.97 Å². The van der Waals surface area contributed by atoms with E-state index < -0.39 is 6.04 Å². The third kappa shape index (κ3) is 4.90. The molecular weight excluding hydrogens is 550 g/mol. The summed E-state index contributed by atoms with van der Waals surface area (Å²) in [4.78, 5) is 36.3. The first-order chi connectivity index (χ1) is 20.4. The van der Waals surface area contributed by atoms with Crippen LogP contribution in [0.15, 0.2) is 101 Å². The van der Waals surface area contributed by atoms with Crippen molar-refractivity contribution in [3.05, 3.63) is 134 Å². The first-order valence-electron chi connectivity index (χ1n) is 13.5. The predicted molar refractivity (Wildman–Crippen MR) is 167 cm³/mol. The van der Waals surface area contributed by atoms with Gasteiger partial charge in [-0.2, -0.15) is 0 Å². The van der Waals surface area contributed by atoms with Crippen LogP contribution in [0.1, 0.15) is 29.8 Å². The van der Waals surface area contributed by atoms with Gasteiger partial charge in [-0.15, -0.1) is 0 Å². The largest absolute Gasteiger partial charge is 0.497 e. The summed E-state index contributed by atoms with van der Waals surface area (Å²) in [5, 5.41) is 5.37. The number of halogens is 1. The van der Waals surface area contributed by atoms with Crippen LogP contribution in [0.2, 0.25) is 5.02 Å². The van der Waals surface area contributed by atoms with Crippen LogP contribution >= 0.6 is 11.6 Å². The van der Waals surface area contributed by atoms with Crippen LogP contribution in [-0.4, -0.2) is 26.2 Å². The third-order valence-electron chi connectivity index (χ3n) is 7.38. The van der Waals surface area contributed by atoms with Crippen molar-refractivity contribution in [2.24, 2.45) is 0 Å². The number of hydrogen-bond donors (Lipinski definition) is 1. The van der Waals surface area contributed by atoms with Crippen LogP contribution in [0, 0.1) is 6.92 Å². The van der Waals surface area contributed by atoms with Crippen LogP contribution in [0.25, 0.3) is 27.5 Å². The summed E-state index contributed by atoms with van der Waals surface area (Å²) in [5.74, 6) is 1.16. The lowest BCUT2D eigenvalue weighted by atomic mass is 10.1. The monoisotopic (exact) mass is 577 g/mol. The minimum Gasteiger partial charge on any atom is -0.497 e. The highest BCUT2D eigenvalue weighted by Crippen LogP contribution is 2.28. The molecule has 3 heterocycles. The number of ether oxygens (including phenoxy) is 1. The Hall–Kier alpha value is -4.95. The lowest BCUT2D eigenvalue weighted by Gasteiger charge is -2.22. The number of benzene rings is 3. The Morgan fingerprint density at radius 1 is 0.952 bits per heavy atom. The molecule has 0 saturated heterocycles. The van der Waals surface area contributed by atoms with E-state index in [1.807, 2.05) is 90.5 Å². The van der Waals surface area contributed by atoms with Gasteiger partial charge in [0.15, 0.2) is 5.43 Å². The number of nitrogens with zero attached hydrogens (tertiary/aromatic N) is 4. The maximum Gasteiger partial charge on any atom is 0.264 e. The van der Waals surface area contributed by atoms with Gasteiger partial charge >= 0.3 is 0 Å². The average Bonchev–Trinajstić information content (AvgIpc) is 3.00. The van der Waals surface area contributed by atoms with E-state index in [9.17, 15) is 9.59 Å². The lowest BCUT2D eigenvalue weighted by Crippen LogP contribution is -2.26. The molecule has 3 aromatic carbocycles. The molecule has 1 N–H and O–H groups in total. The molecule has 6 aromatic rings. The Labute approximate surface area is 246 Å². The van der Waals surface area contributed by atoms with Gasteiger partial charge in [0, 0.05) is 29.7 Å². The number of nitrogens with one attached hydrogen (secondary N) is 1. The molecule has 1 atom stereocenters. The molecule has 9 heteroatoms. The van der Waals surface area contributed by atoms with Crippen LogP contribution in [0.5, 0.6) is 5.75 Å². The second-order valence-electron chi connectivity index (χ2n) is 10.2. The second kappa shape index (κ2) is 11.1. The Morgan fingerprint density at radius 2 is 1.71 bits per heavy atom. The summed E-state index contributed by atoms with van der Waals surface area (Å²) in [5.41, 5.74) is 3.13. The SMILES string of the molecule is COc1ccc(Cn2cc(C)c(=O)c3c(N[C@@H](C)c4cc5cccc(Cl)c5c(=O)n4-c4ccccc4)ncnc32)cc1. The summed E-state index contributed by atoms with van der Waals surface area (Å²) in [6, 6.07) is 24.1. The number of rotatable bonds is 7. The number of pyridine rings is 2. The summed E-state index contributed by atoms with van der Waals surface area (Å²) in [6.45, 7) is 4.23. The lowest BCUT2D eigenvalue weighted by molar-refractivity contribution is 0.414. The zero-order chi connectivity index (χ0) is 29.4. The van der Waals surface area contributed by atoms with Crippen molar-refractivity contribution in [1.82, 2.24) is 19.1 Å². The number of anilines is 1. The van der Waals surface area contributed by atoms with Gasteiger partial charge in [0.2, 0.25) is 0 Å². The Balaban J connectivity index is 1.47. The standard InChI is InChI=1S/C33H28ClN5O3/c1-20-17-38(18-22-12-14-25(42-3)15-13-22)32-29(30(20)40)31(35-19-36-32)37-21(2)27-16-23-8-7-11-26(34)28(23)33(41)39(27)24-9-5-4-6-10-24/h4-17,19,21H,18H2,1-3H3,(H,35,36,37)/t21-/m0/s1. The number of methoxy groups -OCH3 is 1. The Kier molecular flexibility index (Phi) is 7.22. The number of aromatic nitrogens is 4. The highest BCUT2D eigenvalue weighted by Gasteiger charge is 2.20. The molecule has 0 radical (unpaired) electrons. The minimum atomic E-state index is -0.422. The van der Waals surface area contributed by atoms with Gasteiger partial charge in [-0.3, -0.25) is 14.2 Å². The van der Waals surface area contributed by atoms with Gasteiger partial charge in [-0.1, -0.05) is 54.1 Å². The van der Waals surface area contributed by atoms with Crippen LogP contribution in [-0.2, 0) is 6.54 Å². The van der Waals surface area contributed by atoms with E-state index in [0.29, 0.717) is 50.7 Å². The number of para-hydroxylation sites is 1. The second-order valence-corrected chi connectivity index (χ2v) is 10.6. The van der Waals surface area contributed by atoms with Crippen LogP contribution in [0.3, 0.4) is 0 Å². The molecular formula is C33H28ClN5O3. The summed E-state index contributed by atoms with van der Waals surface area (Å²) in [6.07, 6.45) is 3.26. The van der Waals surface area contributed by atoms with E-state index in [2.05, 4.69) is 15.3 Å². The third-order valence-corrected chi connectivity index (χ3v) is 7.70. The summed E-state index contributed by atoms with van der Waals surface area (Å²) < 4.78 is 8.89. The molecule has 0 aliphatic rings. The molecule has 210 valence electrons. The molecule has 6 rings (SSSR count). The highest BCUT2D eigenvalue weighted by molar-refractivity contribution is 6.35. The molecule has 0 amide bonds. The van der Waals surface area contributed by atoms with E-state index in [1.165, 1.54) is 6.33 Å². The number of hydrogen-bond acceptors (Lipinski definition) is 6. The zero-order valence-corrected chi connectivity index (χ0v) is 24.1. The molecule has 0 fully saturated rings. The smallest absolute Gasteiger partial charge is 0.264 e. The first kappa shape index (κ1) is 27.2. The fraction of sp³-hybridized carbons (Fsp3) is 0.152. The van der Waals surface area contributed by atoms with Gasteiger partial charge in [0.1, 0.15) is 28.9 Å². The fourth-order valence-corrected chi connectivity index (χ4v) is 5.55. The predicted octanol–water partition coefficient (Wildman–Crippen LogP) is 6.29. The summed E-state index contributed by atoms with van der Waals surface area (Å²) in [7, 11) is 1.63. The molecule has 0 spiro atoms. The van der Waals surface area contributed by atoms with Crippen molar-refractivity contribution in [3.63, 3.8) is 0 Å². The van der Waals surface area contributed by atoms with E-state index in [4.69, 9.17) is 16.3 Å². The van der Waals surface area contributed by atoms with Crippen LogP contribution < -0.4 is 21.0 Å². The molecule has 0 unspecified atom stereocenters. The Bertz CT molecular complexity index is 2050. The van der Waals surface area contributed by atoms with Crippen molar-refractivity contribution in [2.45, 2.75) is 26.4 Å². The van der Waals surface area contributed by atoms with Crippen LogP contribution in [0.4, 0.5) is 5.82 Å². The molecule has 0 saturated carbocycles. The molecule has 42 heavy (non-hydrogen) atoms. The van der Waals surface area contributed by atoms with Gasteiger partial charge in [0.25, 0.3) is 5.56 Å². The average molecular weight is 578 g/mol. The van der Waals surface area contributed by atoms with E-state index in [0.717, 1.165) is 16.7 Å². The molecule has 0 aliphatic carbocycles.